The zero-order valence-corrected chi connectivity index (χ0v) is 8.88. The van der Waals surface area contributed by atoms with Crippen molar-refractivity contribution in [3.8, 4) is 0 Å². The summed E-state index contributed by atoms with van der Waals surface area (Å²) in [4.78, 5) is 14.8. The van der Waals surface area contributed by atoms with E-state index in [1.807, 2.05) is 4.90 Å². The lowest BCUT2D eigenvalue weighted by Crippen LogP contribution is -2.50. The van der Waals surface area contributed by atoms with E-state index in [1.54, 1.807) is 6.92 Å². The lowest BCUT2D eigenvalue weighted by atomic mass is 10.2. The van der Waals surface area contributed by atoms with Gasteiger partial charge in [-0.1, -0.05) is 0 Å². The lowest BCUT2D eigenvalue weighted by Gasteiger charge is -2.34. The van der Waals surface area contributed by atoms with Crippen LogP contribution in [0.5, 0.6) is 0 Å². The number of halogens is 1. The fourth-order valence-electron chi connectivity index (χ4n) is 1.37. The molecule has 5 heteroatoms. The summed E-state index contributed by atoms with van der Waals surface area (Å²) < 4.78 is 0. The van der Waals surface area contributed by atoms with Gasteiger partial charge in [0.05, 0.1) is 0 Å². The first-order chi connectivity index (χ1) is 5.61. The van der Waals surface area contributed by atoms with Crippen molar-refractivity contribution in [1.29, 1.82) is 0 Å². The van der Waals surface area contributed by atoms with Gasteiger partial charge < -0.3 is 10.0 Å². The monoisotopic (exact) mass is 208 g/mol. The fourth-order valence-corrected chi connectivity index (χ4v) is 1.37. The van der Waals surface area contributed by atoms with Gasteiger partial charge in [-0.3, -0.25) is 9.69 Å². The van der Waals surface area contributed by atoms with E-state index in [0.717, 1.165) is 26.2 Å². The second-order valence-electron chi connectivity index (χ2n) is 3.35. The molecule has 1 N–H and O–H groups in total. The van der Waals surface area contributed by atoms with Crippen molar-refractivity contribution in [1.82, 2.24) is 9.80 Å². The molecule has 13 heavy (non-hydrogen) atoms. The van der Waals surface area contributed by atoms with Crippen LogP contribution in [0, 0.1) is 0 Å². The number of likely N-dealkylation sites (N-methyl/N-ethyl adjacent to an activating group) is 1. The molecule has 0 spiro atoms. The Bertz CT molecular complexity index is 170. The van der Waals surface area contributed by atoms with Crippen LogP contribution in [0.4, 0.5) is 0 Å². The maximum absolute atomic E-state index is 10.6. The van der Waals surface area contributed by atoms with E-state index in [9.17, 15) is 4.79 Å². The Morgan fingerprint density at radius 1 is 1.31 bits per heavy atom. The first-order valence-corrected chi connectivity index (χ1v) is 4.26. The highest BCUT2D eigenvalue weighted by Gasteiger charge is 2.23. The van der Waals surface area contributed by atoms with Gasteiger partial charge >= 0.3 is 5.97 Å². The molecule has 1 aliphatic rings. The number of carboxylic acids is 1. The SMILES string of the molecule is C[C@H](C(=O)O)N1CCN(C)CC1.Cl. The van der Waals surface area contributed by atoms with Crippen LogP contribution in [0.15, 0.2) is 0 Å². The van der Waals surface area contributed by atoms with Crippen molar-refractivity contribution < 1.29 is 9.90 Å². The Labute approximate surface area is 84.9 Å². The van der Waals surface area contributed by atoms with Crippen molar-refractivity contribution in [3.05, 3.63) is 0 Å². The highest BCUT2D eigenvalue weighted by Crippen LogP contribution is 2.04. The highest BCUT2D eigenvalue weighted by atomic mass is 35.5. The molecule has 0 aromatic rings. The lowest BCUT2D eigenvalue weighted by molar-refractivity contribution is -0.143. The summed E-state index contributed by atoms with van der Waals surface area (Å²) in [5.41, 5.74) is 0. The van der Waals surface area contributed by atoms with Crippen molar-refractivity contribution in [3.63, 3.8) is 0 Å². The van der Waals surface area contributed by atoms with Gasteiger partial charge in [0.15, 0.2) is 0 Å². The van der Waals surface area contributed by atoms with E-state index in [-0.39, 0.29) is 18.4 Å². The molecule has 4 nitrogen and oxygen atoms in total. The standard InChI is InChI=1S/C8H16N2O2.ClH/c1-7(8(11)12)10-5-3-9(2)4-6-10;/h7H,3-6H2,1-2H3,(H,11,12);1H/t7-;/m1./s1. The van der Waals surface area contributed by atoms with Gasteiger partial charge in [-0.05, 0) is 14.0 Å². The molecule has 0 radical (unpaired) electrons. The number of nitrogens with zero attached hydrogens (tertiary/aromatic N) is 2. The summed E-state index contributed by atoms with van der Waals surface area (Å²) >= 11 is 0. The van der Waals surface area contributed by atoms with Crippen LogP contribution in [-0.2, 0) is 4.79 Å². The van der Waals surface area contributed by atoms with Gasteiger partial charge in [0.1, 0.15) is 6.04 Å². The molecule has 1 aliphatic heterocycles. The Morgan fingerprint density at radius 2 is 1.77 bits per heavy atom. The molecule has 1 rings (SSSR count). The minimum atomic E-state index is -0.723. The van der Waals surface area contributed by atoms with Gasteiger partial charge in [-0.15, -0.1) is 12.4 Å². The number of carbonyl (C=O) groups is 1. The minimum Gasteiger partial charge on any atom is -0.480 e. The molecule has 1 heterocycles. The van der Waals surface area contributed by atoms with Gasteiger partial charge in [0.25, 0.3) is 0 Å². The van der Waals surface area contributed by atoms with Crippen LogP contribution in [-0.4, -0.2) is 60.1 Å². The van der Waals surface area contributed by atoms with Crippen molar-refractivity contribution in [2.24, 2.45) is 0 Å². The Kier molecular flexibility index (Phi) is 5.29. The summed E-state index contributed by atoms with van der Waals surface area (Å²) in [6, 6.07) is -0.335. The summed E-state index contributed by atoms with van der Waals surface area (Å²) in [7, 11) is 2.06. The van der Waals surface area contributed by atoms with E-state index >= 15 is 0 Å². The van der Waals surface area contributed by atoms with E-state index < -0.39 is 5.97 Å². The third kappa shape index (κ3) is 3.50. The predicted octanol–water partition coefficient (Wildman–Crippen LogP) is 0.129. The second kappa shape index (κ2) is 5.42. The summed E-state index contributed by atoms with van der Waals surface area (Å²) in [6.45, 7) is 5.41. The predicted molar refractivity (Wildman–Crippen MR) is 53.4 cm³/mol. The normalized spacial score (nSPS) is 22.0. The smallest absolute Gasteiger partial charge is 0.320 e. The average Bonchev–Trinajstić information content (AvgIpc) is 2.04. The molecule has 1 atom stereocenters. The van der Waals surface area contributed by atoms with Crippen molar-refractivity contribution in [2.45, 2.75) is 13.0 Å². The highest BCUT2D eigenvalue weighted by molar-refractivity contribution is 5.85. The third-order valence-corrected chi connectivity index (χ3v) is 2.44. The molecule has 1 saturated heterocycles. The van der Waals surface area contributed by atoms with E-state index in [1.165, 1.54) is 0 Å². The van der Waals surface area contributed by atoms with Crippen LogP contribution in [0.25, 0.3) is 0 Å². The largest absolute Gasteiger partial charge is 0.480 e. The van der Waals surface area contributed by atoms with Gasteiger partial charge in [0, 0.05) is 26.2 Å². The summed E-state index contributed by atoms with van der Waals surface area (Å²) in [5.74, 6) is -0.723. The van der Waals surface area contributed by atoms with Crippen molar-refractivity contribution in [2.75, 3.05) is 33.2 Å². The van der Waals surface area contributed by atoms with Gasteiger partial charge in [-0.2, -0.15) is 0 Å². The van der Waals surface area contributed by atoms with Crippen LogP contribution in [0.1, 0.15) is 6.92 Å². The molecule has 0 saturated carbocycles. The van der Waals surface area contributed by atoms with Gasteiger partial charge in [0.2, 0.25) is 0 Å². The molecule has 0 aliphatic carbocycles. The number of rotatable bonds is 2. The second-order valence-corrected chi connectivity index (χ2v) is 3.35. The van der Waals surface area contributed by atoms with Crippen LogP contribution < -0.4 is 0 Å². The summed E-state index contributed by atoms with van der Waals surface area (Å²) in [6.07, 6.45) is 0. The van der Waals surface area contributed by atoms with E-state index in [0.29, 0.717) is 0 Å². The zero-order valence-electron chi connectivity index (χ0n) is 8.06. The molecule has 1 fully saturated rings. The van der Waals surface area contributed by atoms with Gasteiger partial charge in [-0.25, -0.2) is 0 Å². The Balaban J connectivity index is 0.00000144. The quantitative estimate of drug-likeness (QED) is 0.701. The first-order valence-electron chi connectivity index (χ1n) is 4.26. The topological polar surface area (TPSA) is 43.8 Å². The number of piperazine rings is 1. The molecule has 78 valence electrons. The molecule has 0 bridgehead atoms. The third-order valence-electron chi connectivity index (χ3n) is 2.44. The summed E-state index contributed by atoms with van der Waals surface area (Å²) in [5, 5.41) is 8.74. The molecule has 0 amide bonds. The number of aliphatic carboxylic acids is 1. The van der Waals surface area contributed by atoms with E-state index in [4.69, 9.17) is 5.11 Å². The first kappa shape index (κ1) is 12.7. The Hall–Kier alpha value is -0.320. The molecule has 0 unspecified atom stereocenters. The maximum Gasteiger partial charge on any atom is 0.320 e. The number of hydrogen-bond donors (Lipinski definition) is 1. The molecule has 0 aromatic heterocycles. The van der Waals surface area contributed by atoms with Crippen LogP contribution >= 0.6 is 12.4 Å². The number of hydrogen-bond acceptors (Lipinski definition) is 3. The van der Waals surface area contributed by atoms with E-state index in [2.05, 4.69) is 11.9 Å². The maximum atomic E-state index is 10.6. The minimum absolute atomic E-state index is 0. The Morgan fingerprint density at radius 3 is 2.15 bits per heavy atom. The van der Waals surface area contributed by atoms with Crippen LogP contribution in [0.2, 0.25) is 0 Å². The van der Waals surface area contributed by atoms with Crippen LogP contribution in [0.3, 0.4) is 0 Å². The zero-order chi connectivity index (χ0) is 9.14. The average molecular weight is 209 g/mol. The molecular formula is C8H17ClN2O2. The van der Waals surface area contributed by atoms with Crippen molar-refractivity contribution >= 4 is 18.4 Å². The number of carboxylic acid groups (broad SMARTS) is 1. The molecular weight excluding hydrogens is 192 g/mol. The fraction of sp³-hybridized carbons (Fsp3) is 0.875. The molecule has 0 aromatic carbocycles.